The maximum absolute atomic E-state index is 10.1. The van der Waals surface area contributed by atoms with Crippen LogP contribution in [0.15, 0.2) is 24.3 Å². The summed E-state index contributed by atoms with van der Waals surface area (Å²) in [6.07, 6.45) is 10.5. The number of carbonyl (C=O) groups excluding carboxylic acids is 1. The molecule has 2 rings (SSSR count). The molecule has 1 fully saturated rings. The molecule has 1 saturated carbocycles. The highest BCUT2D eigenvalue weighted by molar-refractivity contribution is 5.75. The maximum atomic E-state index is 10.1. The Balaban J connectivity index is 0. The molecule has 34 heavy (non-hydrogen) atoms. The summed E-state index contributed by atoms with van der Waals surface area (Å²) in [7, 11) is 0. The molecular formula is C23H40N4O7. The highest BCUT2D eigenvalue weighted by atomic mass is 16.6. The number of non-ortho nitro benzene ring substituents is 1. The van der Waals surface area contributed by atoms with Crippen LogP contribution in [0.1, 0.15) is 81.5 Å². The van der Waals surface area contributed by atoms with E-state index in [4.69, 9.17) is 27.4 Å². The van der Waals surface area contributed by atoms with Crippen LogP contribution < -0.4 is 17.2 Å². The molecule has 1 aliphatic carbocycles. The number of carbonyl (C=O) groups is 3. The summed E-state index contributed by atoms with van der Waals surface area (Å²) < 4.78 is 0. The number of carboxylic acid groups (broad SMARTS) is 2. The average molecular weight is 485 g/mol. The van der Waals surface area contributed by atoms with Crippen molar-refractivity contribution in [3.63, 3.8) is 0 Å². The highest BCUT2D eigenvalue weighted by Crippen LogP contribution is 2.14. The summed E-state index contributed by atoms with van der Waals surface area (Å²) in [6, 6.07) is 5.23. The molecule has 1 aliphatic rings. The molecule has 0 unspecified atom stereocenters. The van der Waals surface area contributed by atoms with Gasteiger partial charge in [0.25, 0.3) is 5.69 Å². The fourth-order valence-corrected chi connectivity index (χ4v) is 2.65. The number of rotatable bonds is 9. The Kier molecular flexibility index (Phi) is 21.5. The lowest BCUT2D eigenvalue weighted by Crippen LogP contribution is -2.29. The van der Waals surface area contributed by atoms with E-state index in [1.54, 1.807) is 0 Å². The average Bonchev–Trinajstić information content (AvgIpc) is 2.81. The van der Waals surface area contributed by atoms with E-state index in [0.717, 1.165) is 19.3 Å². The minimum absolute atomic E-state index is 0.00407. The van der Waals surface area contributed by atoms with Gasteiger partial charge in [0.1, 0.15) is 12.3 Å². The number of aliphatic carboxylic acids is 2. The summed E-state index contributed by atoms with van der Waals surface area (Å²) >= 11 is 0. The third kappa shape index (κ3) is 21.0. The Hall–Kier alpha value is -2.89. The van der Waals surface area contributed by atoms with Gasteiger partial charge in [0, 0.05) is 30.2 Å². The molecule has 0 spiro atoms. The first-order valence-electron chi connectivity index (χ1n) is 11.4. The number of nitrogens with two attached hydrogens (primary N) is 3. The van der Waals surface area contributed by atoms with Gasteiger partial charge in [-0.05, 0) is 50.8 Å². The second kappa shape index (κ2) is 21.9. The van der Waals surface area contributed by atoms with E-state index >= 15 is 0 Å². The summed E-state index contributed by atoms with van der Waals surface area (Å²) in [5, 5.41) is 26.4. The van der Waals surface area contributed by atoms with E-state index < -0.39 is 22.9 Å². The summed E-state index contributed by atoms with van der Waals surface area (Å²) in [4.78, 5) is 39.5. The first-order chi connectivity index (χ1) is 16.1. The second-order valence-corrected chi connectivity index (χ2v) is 7.74. The van der Waals surface area contributed by atoms with Crippen molar-refractivity contribution in [1.29, 1.82) is 0 Å². The predicted molar refractivity (Wildman–Crippen MR) is 131 cm³/mol. The monoisotopic (exact) mass is 484 g/mol. The number of nitro benzene ring substituents is 1. The van der Waals surface area contributed by atoms with Crippen LogP contribution in [0.2, 0.25) is 0 Å². The third-order valence-electron chi connectivity index (χ3n) is 4.64. The van der Waals surface area contributed by atoms with Crippen LogP contribution in [0, 0.1) is 10.1 Å². The van der Waals surface area contributed by atoms with E-state index in [9.17, 15) is 24.5 Å². The van der Waals surface area contributed by atoms with Crippen molar-refractivity contribution < 1.29 is 29.5 Å². The molecule has 194 valence electrons. The van der Waals surface area contributed by atoms with Gasteiger partial charge in [-0.25, -0.2) is 0 Å². The Morgan fingerprint density at radius 2 is 1.71 bits per heavy atom. The number of aldehydes is 1. The Morgan fingerprint density at radius 3 is 2.00 bits per heavy atom. The van der Waals surface area contributed by atoms with Crippen LogP contribution >= 0.6 is 0 Å². The van der Waals surface area contributed by atoms with Gasteiger partial charge in [0.15, 0.2) is 0 Å². The van der Waals surface area contributed by atoms with E-state index in [1.807, 2.05) is 6.92 Å². The molecular weight excluding hydrogens is 444 g/mol. The summed E-state index contributed by atoms with van der Waals surface area (Å²) in [5.74, 6) is -1.64. The normalized spacial score (nSPS) is 13.4. The molecule has 1 atom stereocenters. The largest absolute Gasteiger partial charge is 0.481 e. The first-order valence-corrected chi connectivity index (χ1v) is 11.4. The lowest BCUT2D eigenvalue weighted by atomic mass is 9.97. The van der Waals surface area contributed by atoms with Crippen LogP contribution in [-0.2, 0) is 9.59 Å². The number of nitrogens with zero attached hydrogens (tertiary/aromatic N) is 1. The van der Waals surface area contributed by atoms with Gasteiger partial charge in [-0.15, -0.1) is 0 Å². The number of hydrogen-bond acceptors (Lipinski definition) is 8. The van der Waals surface area contributed by atoms with Gasteiger partial charge < -0.3 is 27.4 Å². The van der Waals surface area contributed by atoms with Gasteiger partial charge in [-0.1, -0.05) is 32.6 Å². The zero-order valence-electron chi connectivity index (χ0n) is 19.9. The van der Waals surface area contributed by atoms with Gasteiger partial charge in [0.2, 0.25) is 0 Å². The van der Waals surface area contributed by atoms with Crippen LogP contribution in [0.5, 0.6) is 0 Å². The minimum Gasteiger partial charge on any atom is -0.481 e. The predicted octanol–water partition coefficient (Wildman–Crippen LogP) is 3.08. The number of unbranched alkanes of at least 4 members (excludes halogenated alkanes) is 1. The van der Waals surface area contributed by atoms with Gasteiger partial charge >= 0.3 is 11.9 Å². The van der Waals surface area contributed by atoms with Gasteiger partial charge in [-0.2, -0.15) is 0 Å². The molecule has 8 N–H and O–H groups in total. The third-order valence-corrected chi connectivity index (χ3v) is 4.64. The van der Waals surface area contributed by atoms with Crippen LogP contribution in [0.25, 0.3) is 0 Å². The SMILES string of the molecule is CCCC(=O)O.NC1CCCCC1.NCCCC[C@H](N)C(=O)O.O=Cc1ccc([N+](=O)[O-])cc1. The molecule has 0 radical (unpaired) electrons. The topological polar surface area (TPSA) is 213 Å². The summed E-state index contributed by atoms with van der Waals surface area (Å²) in [6.45, 7) is 2.44. The van der Waals surface area contributed by atoms with Crippen molar-refractivity contribution in [3.05, 3.63) is 39.9 Å². The molecule has 1 aromatic carbocycles. The number of nitro groups is 1. The van der Waals surface area contributed by atoms with Gasteiger partial charge in [0.05, 0.1) is 4.92 Å². The van der Waals surface area contributed by atoms with E-state index in [0.29, 0.717) is 37.3 Å². The van der Waals surface area contributed by atoms with Crippen molar-refractivity contribution in [3.8, 4) is 0 Å². The Morgan fingerprint density at radius 1 is 1.15 bits per heavy atom. The Bertz CT molecular complexity index is 693. The standard InChI is InChI=1S/C7H5NO3.C6H14N2O2.C6H13N.C4H8O2/c9-5-6-1-3-7(4-2-6)8(10)11;7-4-2-1-3-5(8)6(9)10;7-6-4-2-1-3-5-6;1-2-3-4(5)6/h1-5H;5H,1-4,7-8H2,(H,9,10);6H,1-5,7H2;2-3H2,1H3,(H,5,6)/t;5-;;/m.0../s1. The molecule has 0 aromatic heterocycles. The first kappa shape index (κ1) is 33.3. The van der Waals surface area contributed by atoms with Crippen molar-refractivity contribution in [1.82, 2.24) is 0 Å². The zero-order valence-corrected chi connectivity index (χ0v) is 19.9. The lowest BCUT2D eigenvalue weighted by molar-refractivity contribution is -0.384. The fourth-order valence-electron chi connectivity index (χ4n) is 2.65. The summed E-state index contributed by atoms with van der Waals surface area (Å²) in [5.41, 5.74) is 16.5. The quantitative estimate of drug-likeness (QED) is 0.149. The van der Waals surface area contributed by atoms with Crippen molar-refractivity contribution >= 4 is 23.9 Å². The van der Waals surface area contributed by atoms with Crippen LogP contribution in [0.3, 0.4) is 0 Å². The fraction of sp³-hybridized carbons (Fsp3) is 0.609. The number of carboxylic acids is 2. The molecule has 0 amide bonds. The molecule has 11 nitrogen and oxygen atoms in total. The molecule has 0 bridgehead atoms. The van der Waals surface area contributed by atoms with E-state index in [2.05, 4.69) is 0 Å². The van der Waals surface area contributed by atoms with Crippen molar-refractivity contribution in [2.45, 2.75) is 83.2 Å². The molecule has 11 heteroatoms. The van der Waals surface area contributed by atoms with Crippen LogP contribution in [-0.4, -0.2) is 52.0 Å². The van der Waals surface area contributed by atoms with E-state index in [1.165, 1.54) is 56.4 Å². The van der Waals surface area contributed by atoms with Crippen molar-refractivity contribution in [2.75, 3.05) is 6.54 Å². The van der Waals surface area contributed by atoms with Crippen LogP contribution in [0.4, 0.5) is 5.69 Å². The highest BCUT2D eigenvalue weighted by Gasteiger charge is 2.09. The van der Waals surface area contributed by atoms with Gasteiger partial charge in [-0.3, -0.25) is 24.5 Å². The maximum Gasteiger partial charge on any atom is 0.320 e. The number of hydrogen-bond donors (Lipinski definition) is 5. The zero-order chi connectivity index (χ0) is 26.4. The van der Waals surface area contributed by atoms with Crippen molar-refractivity contribution in [2.24, 2.45) is 17.2 Å². The smallest absolute Gasteiger partial charge is 0.320 e. The minimum atomic E-state index is -0.933. The molecule has 1 aromatic rings. The molecule has 0 saturated heterocycles. The van der Waals surface area contributed by atoms with E-state index in [-0.39, 0.29) is 5.69 Å². The lowest BCUT2D eigenvalue weighted by Gasteiger charge is -2.15. The Labute approximate surface area is 200 Å². The number of benzene rings is 1. The molecule has 0 heterocycles. The molecule has 0 aliphatic heterocycles. The second-order valence-electron chi connectivity index (χ2n) is 7.74.